The maximum atomic E-state index is 4.19. The van der Waals surface area contributed by atoms with Gasteiger partial charge < -0.3 is 10.2 Å². The van der Waals surface area contributed by atoms with Crippen LogP contribution in [0.25, 0.3) is 0 Å². The molecule has 0 bridgehead atoms. The Labute approximate surface area is 97.4 Å². The third-order valence-corrected chi connectivity index (χ3v) is 3.39. The molecule has 0 aromatic carbocycles. The van der Waals surface area contributed by atoms with Gasteiger partial charge in [0.15, 0.2) is 0 Å². The first kappa shape index (κ1) is 11.6. The number of likely N-dealkylation sites (N-methyl/N-ethyl adjacent to an activating group) is 1. The largest absolute Gasteiger partial charge is 0.311 e. The lowest BCUT2D eigenvalue weighted by Crippen LogP contribution is -2.30. The van der Waals surface area contributed by atoms with E-state index in [1.54, 1.807) is 0 Å². The van der Waals surface area contributed by atoms with Crippen LogP contribution in [0.2, 0.25) is 0 Å². The zero-order chi connectivity index (χ0) is 11.5. The van der Waals surface area contributed by atoms with E-state index in [0.29, 0.717) is 0 Å². The highest BCUT2D eigenvalue weighted by Crippen LogP contribution is 2.24. The first-order valence-electron chi connectivity index (χ1n) is 6.10. The topological polar surface area (TPSA) is 44.0 Å². The molecule has 0 amide bonds. The number of hydrogen-bond acceptors (Lipinski definition) is 3. The van der Waals surface area contributed by atoms with E-state index in [4.69, 9.17) is 0 Å². The highest BCUT2D eigenvalue weighted by atomic mass is 15.2. The van der Waals surface area contributed by atoms with Gasteiger partial charge in [-0.25, -0.2) is 0 Å². The molecule has 0 saturated heterocycles. The van der Waals surface area contributed by atoms with Crippen molar-refractivity contribution in [2.75, 3.05) is 20.1 Å². The number of H-pyrrole nitrogens is 1. The molecule has 1 aromatic heterocycles. The minimum atomic E-state index is 0.860. The molecule has 1 heterocycles. The van der Waals surface area contributed by atoms with Crippen LogP contribution in [-0.2, 0) is 6.54 Å². The van der Waals surface area contributed by atoms with Crippen LogP contribution in [-0.4, -0.2) is 41.3 Å². The molecule has 0 spiro atoms. The van der Waals surface area contributed by atoms with Crippen molar-refractivity contribution in [1.29, 1.82) is 0 Å². The Kier molecular flexibility index (Phi) is 3.61. The summed E-state index contributed by atoms with van der Waals surface area (Å²) in [4.78, 5) is 2.45. The van der Waals surface area contributed by atoms with E-state index in [0.717, 1.165) is 31.4 Å². The summed E-state index contributed by atoms with van der Waals surface area (Å²) in [6, 6.07) is 0.860. The Hall–Kier alpha value is -0.870. The highest BCUT2D eigenvalue weighted by molar-refractivity contribution is 5.22. The average Bonchev–Trinajstić information content (AvgIpc) is 3.05. The van der Waals surface area contributed by atoms with Gasteiger partial charge in [-0.05, 0) is 33.7 Å². The lowest BCUT2D eigenvalue weighted by Gasteiger charge is -2.15. The van der Waals surface area contributed by atoms with Gasteiger partial charge in [-0.15, -0.1) is 0 Å². The summed E-state index contributed by atoms with van der Waals surface area (Å²) >= 11 is 0. The van der Waals surface area contributed by atoms with Crippen LogP contribution in [0.4, 0.5) is 0 Å². The summed E-state index contributed by atoms with van der Waals surface area (Å²) in [5.41, 5.74) is 3.61. The zero-order valence-electron chi connectivity index (χ0n) is 10.5. The van der Waals surface area contributed by atoms with Crippen LogP contribution in [0, 0.1) is 13.8 Å². The molecule has 4 nitrogen and oxygen atoms in total. The molecule has 1 fully saturated rings. The summed E-state index contributed by atoms with van der Waals surface area (Å²) < 4.78 is 0. The Balaban J connectivity index is 1.67. The smallest absolute Gasteiger partial charge is 0.0638 e. The van der Waals surface area contributed by atoms with Gasteiger partial charge in [-0.3, -0.25) is 5.10 Å². The molecule has 1 aliphatic carbocycles. The number of hydrogen-bond donors (Lipinski definition) is 2. The van der Waals surface area contributed by atoms with E-state index in [-0.39, 0.29) is 0 Å². The highest BCUT2D eigenvalue weighted by Gasteiger charge is 2.25. The molecule has 4 heteroatoms. The van der Waals surface area contributed by atoms with Gasteiger partial charge in [0.05, 0.1) is 5.69 Å². The van der Waals surface area contributed by atoms with Crippen molar-refractivity contribution in [3.05, 3.63) is 17.0 Å². The quantitative estimate of drug-likeness (QED) is 0.711. The van der Waals surface area contributed by atoms with Gasteiger partial charge in [0.1, 0.15) is 0 Å². The SMILES string of the molecule is Cc1n[nH]c(C)c1CNCCN(C)C1CC1. The number of rotatable bonds is 6. The van der Waals surface area contributed by atoms with Gasteiger partial charge in [0, 0.05) is 36.9 Å². The summed E-state index contributed by atoms with van der Waals surface area (Å²) in [6.45, 7) is 7.24. The molecule has 2 N–H and O–H groups in total. The second-order valence-electron chi connectivity index (χ2n) is 4.80. The Morgan fingerprint density at radius 2 is 2.19 bits per heavy atom. The average molecular weight is 222 g/mol. The van der Waals surface area contributed by atoms with Crippen LogP contribution >= 0.6 is 0 Å². The molecular formula is C12H22N4. The third-order valence-electron chi connectivity index (χ3n) is 3.39. The van der Waals surface area contributed by atoms with Gasteiger partial charge >= 0.3 is 0 Å². The number of nitrogens with one attached hydrogen (secondary N) is 2. The summed E-state index contributed by atoms with van der Waals surface area (Å²) in [7, 11) is 2.22. The van der Waals surface area contributed by atoms with Gasteiger partial charge in [0.25, 0.3) is 0 Å². The van der Waals surface area contributed by atoms with E-state index in [1.165, 1.54) is 24.1 Å². The molecule has 1 saturated carbocycles. The van der Waals surface area contributed by atoms with Crippen molar-refractivity contribution in [2.24, 2.45) is 0 Å². The first-order chi connectivity index (χ1) is 7.68. The van der Waals surface area contributed by atoms with Crippen LogP contribution in [0.5, 0.6) is 0 Å². The molecule has 0 atom stereocenters. The Bertz CT molecular complexity index is 321. The normalized spacial score (nSPS) is 16.0. The molecule has 1 aliphatic rings. The van der Waals surface area contributed by atoms with E-state index in [9.17, 15) is 0 Å². The van der Waals surface area contributed by atoms with Gasteiger partial charge in [-0.2, -0.15) is 5.10 Å². The van der Waals surface area contributed by atoms with Crippen molar-refractivity contribution < 1.29 is 0 Å². The van der Waals surface area contributed by atoms with Crippen LogP contribution < -0.4 is 5.32 Å². The summed E-state index contributed by atoms with van der Waals surface area (Å²) in [6.07, 6.45) is 2.77. The standard InChI is InChI=1S/C12H22N4/c1-9-12(10(2)15-14-9)8-13-6-7-16(3)11-4-5-11/h11,13H,4-8H2,1-3H3,(H,14,15). The third kappa shape index (κ3) is 2.83. The van der Waals surface area contributed by atoms with Crippen LogP contribution in [0.3, 0.4) is 0 Å². The lowest BCUT2D eigenvalue weighted by molar-refractivity contribution is 0.321. The fourth-order valence-electron chi connectivity index (χ4n) is 2.00. The zero-order valence-corrected chi connectivity index (χ0v) is 10.5. The molecule has 0 unspecified atom stereocenters. The number of aryl methyl sites for hydroxylation is 2. The van der Waals surface area contributed by atoms with E-state index >= 15 is 0 Å². The molecule has 2 rings (SSSR count). The predicted octanol–water partition coefficient (Wildman–Crippen LogP) is 1.21. The molecule has 0 aliphatic heterocycles. The second-order valence-corrected chi connectivity index (χ2v) is 4.80. The molecule has 90 valence electrons. The van der Waals surface area contributed by atoms with Crippen LogP contribution in [0.15, 0.2) is 0 Å². The summed E-state index contributed by atoms with van der Waals surface area (Å²) in [5, 5.41) is 10.7. The number of nitrogens with zero attached hydrogens (tertiary/aromatic N) is 2. The van der Waals surface area contributed by atoms with E-state index in [2.05, 4.69) is 41.3 Å². The fraction of sp³-hybridized carbons (Fsp3) is 0.750. The number of aromatic nitrogens is 2. The minimum Gasteiger partial charge on any atom is -0.311 e. The Morgan fingerprint density at radius 3 is 2.75 bits per heavy atom. The maximum absolute atomic E-state index is 4.19. The van der Waals surface area contributed by atoms with Gasteiger partial charge in [0.2, 0.25) is 0 Å². The van der Waals surface area contributed by atoms with Crippen molar-refractivity contribution in [3.8, 4) is 0 Å². The molecular weight excluding hydrogens is 200 g/mol. The Morgan fingerprint density at radius 1 is 1.44 bits per heavy atom. The monoisotopic (exact) mass is 222 g/mol. The first-order valence-corrected chi connectivity index (χ1v) is 6.10. The molecule has 0 radical (unpaired) electrons. The maximum Gasteiger partial charge on any atom is 0.0638 e. The van der Waals surface area contributed by atoms with Crippen LogP contribution in [0.1, 0.15) is 29.8 Å². The minimum absolute atomic E-state index is 0.860. The van der Waals surface area contributed by atoms with Crippen molar-refractivity contribution in [3.63, 3.8) is 0 Å². The number of aromatic amines is 1. The fourth-order valence-corrected chi connectivity index (χ4v) is 2.00. The molecule has 1 aromatic rings. The van der Waals surface area contributed by atoms with Crippen molar-refractivity contribution >= 4 is 0 Å². The van der Waals surface area contributed by atoms with Crippen molar-refractivity contribution in [1.82, 2.24) is 20.4 Å². The van der Waals surface area contributed by atoms with E-state index < -0.39 is 0 Å². The van der Waals surface area contributed by atoms with E-state index in [1.807, 2.05) is 0 Å². The lowest BCUT2D eigenvalue weighted by atomic mass is 10.2. The van der Waals surface area contributed by atoms with Gasteiger partial charge in [-0.1, -0.05) is 0 Å². The predicted molar refractivity (Wildman–Crippen MR) is 65.4 cm³/mol. The van der Waals surface area contributed by atoms with Crippen molar-refractivity contribution in [2.45, 2.75) is 39.3 Å². The second kappa shape index (κ2) is 4.97. The summed E-state index contributed by atoms with van der Waals surface area (Å²) in [5.74, 6) is 0. The molecule has 16 heavy (non-hydrogen) atoms.